The van der Waals surface area contributed by atoms with Gasteiger partial charge in [0, 0.05) is 38.8 Å². The van der Waals surface area contributed by atoms with Crippen LogP contribution in [0.4, 0.5) is 0 Å². The first kappa shape index (κ1) is 21.8. The van der Waals surface area contributed by atoms with Crippen molar-refractivity contribution in [2.45, 2.75) is 12.8 Å². The van der Waals surface area contributed by atoms with E-state index in [1.54, 1.807) is 34.5 Å². The number of hydrogen-bond acceptors (Lipinski definition) is 7. The molecule has 1 aliphatic rings. The largest absolute Gasteiger partial charge is 0.339 e. The zero-order valence-corrected chi connectivity index (χ0v) is 19.5. The van der Waals surface area contributed by atoms with Crippen molar-refractivity contribution in [2.75, 3.05) is 32.7 Å². The Labute approximate surface area is 200 Å². The quantitative estimate of drug-likeness (QED) is 0.395. The summed E-state index contributed by atoms with van der Waals surface area (Å²) in [4.78, 5) is 22.7. The molecule has 0 aliphatic carbocycles. The topological polar surface area (TPSA) is 80.3 Å². The summed E-state index contributed by atoms with van der Waals surface area (Å²) < 4.78 is 7.02. The fourth-order valence-corrected chi connectivity index (χ4v) is 4.75. The van der Waals surface area contributed by atoms with E-state index in [1.807, 2.05) is 40.6 Å². The second-order valence-electron chi connectivity index (χ2n) is 7.85. The van der Waals surface area contributed by atoms with Gasteiger partial charge in [-0.3, -0.25) is 9.69 Å². The summed E-state index contributed by atoms with van der Waals surface area (Å²) in [6.07, 6.45) is 5.03. The third-order valence-electron chi connectivity index (χ3n) is 5.66. The number of hydrogen-bond donors (Lipinski definition) is 0. The Kier molecular flexibility index (Phi) is 6.52. The molecule has 0 saturated carbocycles. The number of carbonyl (C=O) groups is 1. The molecule has 1 aliphatic heterocycles. The van der Waals surface area contributed by atoms with Crippen LogP contribution in [0.15, 0.2) is 58.7 Å². The summed E-state index contributed by atoms with van der Waals surface area (Å²) in [7, 11) is 0. The van der Waals surface area contributed by atoms with Crippen molar-refractivity contribution in [1.29, 1.82) is 0 Å². The molecule has 4 aromatic rings. The highest BCUT2D eigenvalue weighted by Crippen LogP contribution is 2.22. The number of carbonyl (C=O) groups excluding carboxylic acids is 1. The Morgan fingerprint density at radius 3 is 2.76 bits per heavy atom. The van der Waals surface area contributed by atoms with Gasteiger partial charge in [0.05, 0.1) is 27.3 Å². The molecule has 8 nitrogen and oxygen atoms in total. The maximum atomic E-state index is 12.9. The van der Waals surface area contributed by atoms with E-state index in [-0.39, 0.29) is 5.91 Å². The van der Waals surface area contributed by atoms with E-state index in [1.165, 1.54) is 0 Å². The summed E-state index contributed by atoms with van der Waals surface area (Å²) in [5.74, 6) is 1.33. The van der Waals surface area contributed by atoms with E-state index in [4.69, 9.17) is 16.1 Å². The van der Waals surface area contributed by atoms with Crippen molar-refractivity contribution in [3.8, 4) is 16.4 Å². The highest BCUT2D eigenvalue weighted by molar-refractivity contribution is 7.13. The number of amides is 1. The highest BCUT2D eigenvalue weighted by Gasteiger charge is 2.23. The molecule has 170 valence electrons. The number of benzene rings is 1. The fraction of sp³-hybridized carbons (Fsp3) is 0.304. The van der Waals surface area contributed by atoms with Crippen molar-refractivity contribution >= 4 is 28.8 Å². The van der Waals surface area contributed by atoms with Gasteiger partial charge in [0.1, 0.15) is 0 Å². The van der Waals surface area contributed by atoms with Crippen LogP contribution >= 0.6 is 22.9 Å². The molecule has 0 bridgehead atoms. The van der Waals surface area contributed by atoms with Crippen LogP contribution in [0.1, 0.15) is 22.7 Å². The van der Waals surface area contributed by atoms with E-state index in [9.17, 15) is 4.79 Å². The van der Waals surface area contributed by atoms with Crippen molar-refractivity contribution in [3.05, 3.63) is 70.6 Å². The predicted molar refractivity (Wildman–Crippen MR) is 127 cm³/mol. The summed E-state index contributed by atoms with van der Waals surface area (Å²) in [5.41, 5.74) is 1.33. The van der Waals surface area contributed by atoms with Crippen LogP contribution in [-0.2, 0) is 6.42 Å². The molecule has 33 heavy (non-hydrogen) atoms. The van der Waals surface area contributed by atoms with Crippen molar-refractivity contribution in [3.63, 3.8) is 0 Å². The van der Waals surface area contributed by atoms with E-state index >= 15 is 0 Å². The predicted octanol–water partition coefficient (Wildman–Crippen LogP) is 4.03. The van der Waals surface area contributed by atoms with Gasteiger partial charge in [-0.15, -0.1) is 11.3 Å². The highest BCUT2D eigenvalue weighted by atomic mass is 35.5. The van der Waals surface area contributed by atoms with E-state index < -0.39 is 0 Å². The van der Waals surface area contributed by atoms with Crippen molar-refractivity contribution in [1.82, 2.24) is 29.7 Å². The standard InChI is InChI=1S/C23H23ClN6O2S/c24-18-5-1-2-6-19(18)30-16-17(15-25-30)23(31)29-12-10-28(11-13-29)9-3-8-21-26-22(27-32-21)20-7-4-14-33-20/h1-2,4-7,14-16H,3,8-13H2. The van der Waals surface area contributed by atoms with Gasteiger partial charge in [-0.05, 0) is 36.5 Å². The first-order valence-corrected chi connectivity index (χ1v) is 12.1. The second kappa shape index (κ2) is 9.86. The van der Waals surface area contributed by atoms with Crippen molar-refractivity contribution in [2.24, 2.45) is 0 Å². The number of aromatic nitrogens is 4. The maximum Gasteiger partial charge on any atom is 0.257 e. The SMILES string of the molecule is O=C(c1cnn(-c2ccccc2Cl)c1)N1CCN(CCCc2nc(-c3cccs3)no2)CC1. The lowest BCUT2D eigenvalue weighted by molar-refractivity contribution is 0.0635. The number of nitrogens with zero attached hydrogens (tertiary/aromatic N) is 6. The van der Waals surface area contributed by atoms with Gasteiger partial charge in [-0.25, -0.2) is 4.68 Å². The number of para-hydroxylation sites is 1. The third kappa shape index (κ3) is 5.00. The number of halogens is 1. The van der Waals surface area contributed by atoms with Crippen LogP contribution in [0.25, 0.3) is 16.4 Å². The maximum absolute atomic E-state index is 12.9. The first-order chi connectivity index (χ1) is 16.2. The normalized spacial score (nSPS) is 14.6. The summed E-state index contributed by atoms with van der Waals surface area (Å²) in [6, 6.07) is 11.4. The molecule has 1 fully saturated rings. The van der Waals surface area contributed by atoms with Crippen LogP contribution in [0.2, 0.25) is 5.02 Å². The summed E-state index contributed by atoms with van der Waals surface area (Å²) >= 11 is 7.84. The molecule has 0 spiro atoms. The Bertz CT molecular complexity index is 1210. The average molecular weight is 483 g/mol. The lowest BCUT2D eigenvalue weighted by Gasteiger charge is -2.34. The lowest BCUT2D eigenvalue weighted by Crippen LogP contribution is -2.48. The zero-order chi connectivity index (χ0) is 22.6. The first-order valence-electron chi connectivity index (χ1n) is 10.8. The minimum atomic E-state index is -0.0000741. The molecule has 1 saturated heterocycles. The van der Waals surface area contributed by atoms with Gasteiger partial charge < -0.3 is 9.42 Å². The van der Waals surface area contributed by atoms with Gasteiger partial charge in [-0.2, -0.15) is 10.1 Å². The van der Waals surface area contributed by atoms with Crippen LogP contribution in [-0.4, -0.2) is 68.4 Å². The number of thiophene rings is 1. The molecule has 5 rings (SSSR count). The minimum absolute atomic E-state index is 0.0000741. The number of rotatable bonds is 7. The molecule has 1 aromatic carbocycles. The molecule has 0 radical (unpaired) electrons. The van der Waals surface area contributed by atoms with Gasteiger partial charge in [0.25, 0.3) is 5.91 Å². The molecule has 10 heteroatoms. The monoisotopic (exact) mass is 482 g/mol. The molecule has 0 unspecified atom stereocenters. The van der Waals surface area contributed by atoms with Gasteiger partial charge in [0.15, 0.2) is 0 Å². The molecule has 4 heterocycles. The molecule has 1 amide bonds. The Hall–Kier alpha value is -3.01. The zero-order valence-electron chi connectivity index (χ0n) is 17.9. The smallest absolute Gasteiger partial charge is 0.257 e. The minimum Gasteiger partial charge on any atom is -0.339 e. The number of aryl methyl sites for hydroxylation is 1. The molecular weight excluding hydrogens is 460 g/mol. The average Bonchev–Trinajstić information content (AvgIpc) is 3.61. The Balaban J connectivity index is 1.09. The van der Waals surface area contributed by atoms with E-state index in [2.05, 4.69) is 20.1 Å². The van der Waals surface area contributed by atoms with E-state index in [0.717, 1.165) is 43.0 Å². The molecule has 0 atom stereocenters. The molecule has 3 aromatic heterocycles. The number of piperazine rings is 1. The van der Waals surface area contributed by atoms with Crippen LogP contribution in [0, 0.1) is 0 Å². The third-order valence-corrected chi connectivity index (χ3v) is 6.85. The van der Waals surface area contributed by atoms with Crippen molar-refractivity contribution < 1.29 is 9.32 Å². The second-order valence-corrected chi connectivity index (χ2v) is 9.21. The van der Waals surface area contributed by atoms with Crippen LogP contribution in [0.3, 0.4) is 0 Å². The Morgan fingerprint density at radius 1 is 1.12 bits per heavy atom. The molecular formula is C23H23ClN6O2S. The van der Waals surface area contributed by atoms with Gasteiger partial charge in [0.2, 0.25) is 11.7 Å². The Morgan fingerprint density at radius 2 is 1.97 bits per heavy atom. The summed E-state index contributed by atoms with van der Waals surface area (Å²) in [5, 5.41) is 11.0. The van der Waals surface area contributed by atoms with Gasteiger partial charge in [-0.1, -0.05) is 35.0 Å². The van der Waals surface area contributed by atoms with Crippen LogP contribution < -0.4 is 0 Å². The van der Waals surface area contributed by atoms with Gasteiger partial charge >= 0.3 is 0 Å². The van der Waals surface area contributed by atoms with E-state index in [0.29, 0.717) is 35.4 Å². The summed E-state index contributed by atoms with van der Waals surface area (Å²) in [6.45, 7) is 4.00. The lowest BCUT2D eigenvalue weighted by atomic mass is 10.2. The fourth-order valence-electron chi connectivity index (χ4n) is 3.88. The van der Waals surface area contributed by atoms with Crippen LogP contribution in [0.5, 0.6) is 0 Å². The molecule has 0 N–H and O–H groups in total.